The fourth-order valence-electron chi connectivity index (χ4n) is 4.87. The molecule has 39 heavy (non-hydrogen) atoms. The number of methoxy groups -OCH3 is 1. The topological polar surface area (TPSA) is 84.3 Å². The van der Waals surface area contributed by atoms with Gasteiger partial charge >= 0.3 is 0 Å². The van der Waals surface area contributed by atoms with Crippen molar-refractivity contribution in [2.75, 3.05) is 61.7 Å². The highest BCUT2D eigenvalue weighted by Gasteiger charge is 2.19. The Morgan fingerprint density at radius 2 is 1.41 bits per heavy atom. The van der Waals surface area contributed by atoms with Crippen LogP contribution in [0.15, 0.2) is 59.7 Å². The van der Waals surface area contributed by atoms with Crippen LogP contribution in [-0.2, 0) is 0 Å². The van der Waals surface area contributed by atoms with Crippen molar-refractivity contribution >= 4 is 23.8 Å². The molecule has 0 bridgehead atoms. The van der Waals surface area contributed by atoms with E-state index in [9.17, 15) is 0 Å². The zero-order valence-corrected chi connectivity index (χ0v) is 22.7. The van der Waals surface area contributed by atoms with Gasteiger partial charge in [-0.05, 0) is 68.4 Å². The lowest BCUT2D eigenvalue weighted by atomic mass is 10.1. The lowest BCUT2D eigenvalue weighted by molar-refractivity contribution is 0.216. The zero-order chi connectivity index (χ0) is 26.7. The maximum atomic E-state index is 5.89. The van der Waals surface area contributed by atoms with Crippen molar-refractivity contribution in [1.82, 2.24) is 9.97 Å². The average molecular weight is 531 g/mol. The summed E-state index contributed by atoms with van der Waals surface area (Å²) < 4.78 is 16.9. The number of nitrogens with zero attached hydrogens (tertiary/aromatic N) is 5. The maximum absolute atomic E-state index is 5.89. The number of hydrazone groups is 1. The fourth-order valence-corrected chi connectivity index (χ4v) is 4.87. The van der Waals surface area contributed by atoms with Crippen molar-refractivity contribution < 1.29 is 14.2 Å². The Morgan fingerprint density at radius 3 is 2.13 bits per heavy atom. The van der Waals surface area contributed by atoms with Crippen molar-refractivity contribution in [3.05, 3.63) is 60.2 Å². The molecule has 5 rings (SSSR count). The first-order chi connectivity index (χ1) is 19.3. The number of aromatic nitrogens is 2. The van der Waals surface area contributed by atoms with Crippen molar-refractivity contribution in [2.45, 2.75) is 38.5 Å². The van der Waals surface area contributed by atoms with Crippen LogP contribution in [0, 0.1) is 0 Å². The van der Waals surface area contributed by atoms with Gasteiger partial charge in [0.25, 0.3) is 0 Å². The summed E-state index contributed by atoms with van der Waals surface area (Å²) in [7, 11) is 1.64. The Kier molecular flexibility index (Phi) is 9.33. The van der Waals surface area contributed by atoms with Crippen LogP contribution in [0.1, 0.15) is 44.1 Å². The van der Waals surface area contributed by atoms with E-state index >= 15 is 0 Å². The van der Waals surface area contributed by atoms with E-state index in [-0.39, 0.29) is 0 Å². The molecular weight excluding hydrogens is 492 g/mol. The van der Waals surface area contributed by atoms with Crippen LogP contribution >= 0.6 is 0 Å². The van der Waals surface area contributed by atoms with E-state index in [1.54, 1.807) is 13.3 Å². The molecule has 9 nitrogen and oxygen atoms in total. The minimum absolute atomic E-state index is 0.426. The highest BCUT2D eigenvalue weighted by molar-refractivity contribution is 5.80. The molecule has 0 radical (unpaired) electrons. The standard InChI is InChI=1S/C30H38N6O3/c1-37-25-11-9-13-27(21-25)39-19-18-38-26-12-8-10-24(20-26)23-31-34-28-22-29(35-14-4-2-5-15-35)33-30(32-28)36-16-6-3-7-17-36/h8-13,20-23H,2-7,14-19H2,1H3,(H,32,33,34)/b31-23-. The predicted molar refractivity (Wildman–Crippen MR) is 156 cm³/mol. The molecular formula is C30H38N6O3. The van der Waals surface area contributed by atoms with Crippen LogP contribution in [0.5, 0.6) is 17.2 Å². The van der Waals surface area contributed by atoms with Gasteiger partial charge in [0.1, 0.15) is 36.3 Å². The van der Waals surface area contributed by atoms with Crippen LogP contribution in [0.2, 0.25) is 0 Å². The summed E-state index contributed by atoms with van der Waals surface area (Å²) in [5.74, 6) is 4.76. The summed E-state index contributed by atoms with van der Waals surface area (Å²) >= 11 is 0. The van der Waals surface area contributed by atoms with E-state index < -0.39 is 0 Å². The number of nitrogens with one attached hydrogen (secondary N) is 1. The monoisotopic (exact) mass is 530 g/mol. The van der Waals surface area contributed by atoms with Gasteiger partial charge in [0.2, 0.25) is 5.95 Å². The van der Waals surface area contributed by atoms with Crippen LogP contribution in [0.3, 0.4) is 0 Å². The van der Waals surface area contributed by atoms with Crippen LogP contribution < -0.4 is 29.4 Å². The number of piperidine rings is 2. The third kappa shape index (κ3) is 7.75. The van der Waals surface area contributed by atoms with Crippen molar-refractivity contribution in [2.24, 2.45) is 5.10 Å². The van der Waals surface area contributed by atoms with Crippen LogP contribution in [0.25, 0.3) is 0 Å². The van der Waals surface area contributed by atoms with Crippen molar-refractivity contribution in [1.29, 1.82) is 0 Å². The van der Waals surface area contributed by atoms with Gasteiger partial charge in [-0.25, -0.2) is 0 Å². The fraction of sp³-hybridized carbons (Fsp3) is 0.433. The van der Waals surface area contributed by atoms with Gasteiger partial charge in [-0.3, -0.25) is 5.43 Å². The molecule has 2 aromatic carbocycles. The van der Waals surface area contributed by atoms with E-state index in [1.165, 1.54) is 38.5 Å². The molecule has 206 valence electrons. The Hall–Kier alpha value is -4.01. The summed E-state index contributed by atoms with van der Waals surface area (Å²) in [4.78, 5) is 14.4. The molecule has 2 aliphatic rings. The number of benzene rings is 2. The van der Waals surface area contributed by atoms with E-state index in [2.05, 4.69) is 20.3 Å². The minimum atomic E-state index is 0.426. The third-order valence-electron chi connectivity index (χ3n) is 6.93. The maximum Gasteiger partial charge on any atom is 0.229 e. The Labute approximate surface area is 230 Å². The summed E-state index contributed by atoms with van der Waals surface area (Å²) in [6.07, 6.45) is 9.12. The summed E-state index contributed by atoms with van der Waals surface area (Å²) in [6, 6.07) is 17.4. The van der Waals surface area contributed by atoms with E-state index in [0.717, 1.165) is 60.8 Å². The van der Waals surface area contributed by atoms with Gasteiger partial charge in [0, 0.05) is 38.3 Å². The van der Waals surface area contributed by atoms with Gasteiger partial charge in [-0.2, -0.15) is 15.1 Å². The smallest absolute Gasteiger partial charge is 0.229 e. The van der Waals surface area contributed by atoms with Gasteiger partial charge in [-0.1, -0.05) is 18.2 Å². The molecule has 2 aliphatic heterocycles. The third-order valence-corrected chi connectivity index (χ3v) is 6.93. The molecule has 0 unspecified atom stereocenters. The molecule has 0 aliphatic carbocycles. The highest BCUT2D eigenvalue weighted by Crippen LogP contribution is 2.25. The molecule has 1 N–H and O–H groups in total. The predicted octanol–water partition coefficient (Wildman–Crippen LogP) is 5.37. The average Bonchev–Trinajstić information content (AvgIpc) is 3.00. The molecule has 0 spiro atoms. The Bertz CT molecular complexity index is 1190. The van der Waals surface area contributed by atoms with E-state index in [0.29, 0.717) is 19.0 Å². The van der Waals surface area contributed by atoms with E-state index in [1.807, 2.05) is 54.6 Å². The van der Waals surface area contributed by atoms with Gasteiger partial charge < -0.3 is 24.0 Å². The lowest BCUT2D eigenvalue weighted by Crippen LogP contribution is -2.33. The number of hydrogen-bond donors (Lipinski definition) is 1. The quantitative estimate of drug-likeness (QED) is 0.201. The molecule has 3 aromatic rings. The second-order valence-electron chi connectivity index (χ2n) is 9.83. The number of rotatable bonds is 11. The number of ether oxygens (including phenoxy) is 3. The van der Waals surface area contributed by atoms with Crippen molar-refractivity contribution in [3.63, 3.8) is 0 Å². The molecule has 0 atom stereocenters. The van der Waals surface area contributed by atoms with Gasteiger partial charge in [0.05, 0.1) is 13.3 Å². The first kappa shape index (κ1) is 26.6. The first-order valence-electron chi connectivity index (χ1n) is 13.9. The molecule has 3 heterocycles. The normalized spacial score (nSPS) is 15.8. The number of hydrogen-bond acceptors (Lipinski definition) is 9. The summed E-state index contributed by atoms with van der Waals surface area (Å²) in [5.41, 5.74) is 4.07. The molecule has 2 fully saturated rings. The number of anilines is 3. The van der Waals surface area contributed by atoms with Gasteiger partial charge in [0.15, 0.2) is 5.82 Å². The minimum Gasteiger partial charge on any atom is -0.497 e. The molecule has 1 aromatic heterocycles. The molecule has 0 amide bonds. The SMILES string of the molecule is COc1cccc(OCCOc2cccc(/C=N\Nc3cc(N4CCCCC4)nc(N4CCCCC4)n3)c2)c1. The molecule has 2 saturated heterocycles. The molecule has 0 saturated carbocycles. The van der Waals surface area contributed by atoms with Crippen LogP contribution in [-0.4, -0.2) is 62.7 Å². The largest absolute Gasteiger partial charge is 0.497 e. The zero-order valence-electron chi connectivity index (χ0n) is 22.7. The lowest BCUT2D eigenvalue weighted by Gasteiger charge is -2.31. The first-order valence-corrected chi connectivity index (χ1v) is 13.9. The van der Waals surface area contributed by atoms with Crippen molar-refractivity contribution in [3.8, 4) is 17.2 Å². The second kappa shape index (κ2) is 13.7. The summed E-state index contributed by atoms with van der Waals surface area (Å²) in [6.45, 7) is 4.94. The summed E-state index contributed by atoms with van der Waals surface area (Å²) in [5, 5.41) is 4.48. The Balaban J connectivity index is 1.19. The highest BCUT2D eigenvalue weighted by atomic mass is 16.5. The Morgan fingerprint density at radius 1 is 0.769 bits per heavy atom. The molecule has 9 heteroatoms. The second-order valence-corrected chi connectivity index (χ2v) is 9.83. The van der Waals surface area contributed by atoms with E-state index in [4.69, 9.17) is 24.2 Å². The van der Waals surface area contributed by atoms with Gasteiger partial charge in [-0.15, -0.1) is 0 Å². The van der Waals surface area contributed by atoms with Crippen LogP contribution in [0.4, 0.5) is 17.6 Å².